The first kappa shape index (κ1) is 44.1. The van der Waals surface area contributed by atoms with Crippen LogP contribution in [-0.4, -0.2) is 62.8 Å². The lowest BCUT2D eigenvalue weighted by molar-refractivity contribution is -0.0287. The van der Waals surface area contributed by atoms with Crippen molar-refractivity contribution >= 4 is 34.7 Å². The molecule has 0 aromatic heterocycles. The first-order valence-corrected chi connectivity index (χ1v) is 21.3. The maximum atomic E-state index is 13.1. The molecule has 2 aliphatic rings. The molecule has 2 saturated heterocycles. The molecule has 4 atom stereocenters. The van der Waals surface area contributed by atoms with Crippen molar-refractivity contribution in [2.75, 3.05) is 26.4 Å². The molecule has 0 bridgehead atoms. The fourth-order valence-corrected chi connectivity index (χ4v) is 7.34. The molecule has 0 spiro atoms. The van der Waals surface area contributed by atoms with E-state index in [1.54, 1.807) is 48.5 Å². The van der Waals surface area contributed by atoms with Crippen LogP contribution in [-0.2, 0) is 18.9 Å². The predicted molar refractivity (Wildman–Crippen MR) is 230 cm³/mol. The Morgan fingerprint density at radius 1 is 0.533 bits per heavy atom. The predicted octanol–water partition coefficient (Wildman–Crippen LogP) is 12.2. The third-order valence-corrected chi connectivity index (χ3v) is 10.7. The molecule has 60 heavy (non-hydrogen) atoms. The summed E-state index contributed by atoms with van der Waals surface area (Å²) in [4.78, 5) is 26.3. The van der Waals surface area contributed by atoms with Gasteiger partial charge in [-0.2, -0.15) is 20.5 Å². The number of fused-ring (bicyclic) bond motifs is 1. The largest absolute Gasteiger partial charge is 0.494 e. The van der Waals surface area contributed by atoms with Crippen LogP contribution in [0, 0.1) is 27.7 Å². The fraction of sp³-hybridized carbons (Fsp3) is 0.458. The molecule has 12 nitrogen and oxygen atoms in total. The molecular weight excluding hydrogens is 761 g/mol. The second kappa shape index (κ2) is 21.7. The normalized spacial score (nSPS) is 18.6. The van der Waals surface area contributed by atoms with Gasteiger partial charge >= 0.3 is 11.9 Å². The summed E-state index contributed by atoms with van der Waals surface area (Å²) in [5, 5.41) is 17.8. The molecule has 0 radical (unpaired) electrons. The van der Waals surface area contributed by atoms with E-state index >= 15 is 0 Å². The van der Waals surface area contributed by atoms with Gasteiger partial charge in [0.1, 0.15) is 23.7 Å². The number of nitrogens with zero attached hydrogens (tertiary/aromatic N) is 4. The van der Waals surface area contributed by atoms with E-state index in [2.05, 4.69) is 34.3 Å². The second-order valence-electron chi connectivity index (χ2n) is 15.6. The van der Waals surface area contributed by atoms with E-state index in [1.807, 2.05) is 52.0 Å². The molecule has 4 aromatic carbocycles. The quantitative estimate of drug-likeness (QED) is 0.0488. The lowest BCUT2D eigenvalue weighted by Crippen LogP contribution is -2.36. The van der Waals surface area contributed by atoms with Crippen molar-refractivity contribution in [2.24, 2.45) is 20.5 Å². The van der Waals surface area contributed by atoms with Crippen LogP contribution < -0.4 is 9.47 Å². The number of rotatable bonds is 20. The highest BCUT2D eigenvalue weighted by Gasteiger charge is 2.51. The summed E-state index contributed by atoms with van der Waals surface area (Å²) in [7, 11) is 0. The van der Waals surface area contributed by atoms with Crippen molar-refractivity contribution in [1.82, 2.24) is 0 Å². The Bertz CT molecular complexity index is 1920. The highest BCUT2D eigenvalue weighted by atomic mass is 16.7. The first-order valence-electron chi connectivity index (χ1n) is 21.3. The number of ether oxygens (including phenoxy) is 6. The summed E-state index contributed by atoms with van der Waals surface area (Å²) >= 11 is 0. The molecule has 12 heteroatoms. The van der Waals surface area contributed by atoms with E-state index in [9.17, 15) is 9.59 Å². The van der Waals surface area contributed by atoms with Crippen LogP contribution in [0.2, 0.25) is 0 Å². The third kappa shape index (κ3) is 11.8. The van der Waals surface area contributed by atoms with Crippen molar-refractivity contribution < 1.29 is 38.0 Å². The Hall–Kier alpha value is -5.46. The van der Waals surface area contributed by atoms with Crippen molar-refractivity contribution in [2.45, 2.75) is 117 Å². The maximum absolute atomic E-state index is 13.1. The highest BCUT2D eigenvalue weighted by molar-refractivity contribution is 5.90. The summed E-state index contributed by atoms with van der Waals surface area (Å²) in [6.45, 7) is 14.0. The average Bonchev–Trinajstić information content (AvgIpc) is 3.83. The van der Waals surface area contributed by atoms with Crippen LogP contribution >= 0.6 is 0 Å². The van der Waals surface area contributed by atoms with Crippen LogP contribution in [0.3, 0.4) is 0 Å². The first-order chi connectivity index (χ1) is 29.1. The molecule has 2 heterocycles. The van der Waals surface area contributed by atoms with Gasteiger partial charge in [-0.25, -0.2) is 9.59 Å². The number of carbonyl (C=O) groups excluding carboxylic acids is 2. The molecule has 2 aliphatic heterocycles. The summed E-state index contributed by atoms with van der Waals surface area (Å²) in [6, 6.07) is 21.4. The van der Waals surface area contributed by atoms with Gasteiger partial charge < -0.3 is 28.4 Å². The number of unbranched alkanes of at least 4 members (excludes halogenated alkanes) is 6. The fourth-order valence-electron chi connectivity index (χ4n) is 7.34. The Morgan fingerprint density at radius 3 is 1.25 bits per heavy atom. The number of carbonyl (C=O) groups is 2. The number of esters is 2. The summed E-state index contributed by atoms with van der Waals surface area (Å²) in [6.07, 6.45) is 6.80. The summed E-state index contributed by atoms with van der Waals surface area (Å²) in [5.41, 5.74) is 7.37. The Balaban J connectivity index is 0.960. The lowest BCUT2D eigenvalue weighted by Gasteiger charge is -2.17. The van der Waals surface area contributed by atoms with Crippen molar-refractivity contribution in [3.05, 3.63) is 106 Å². The van der Waals surface area contributed by atoms with Crippen LogP contribution in [0.4, 0.5) is 22.7 Å². The van der Waals surface area contributed by atoms with Gasteiger partial charge in [0.05, 0.1) is 60.3 Å². The zero-order valence-electron chi connectivity index (χ0n) is 35.8. The minimum atomic E-state index is -0.656. The molecule has 0 amide bonds. The van der Waals surface area contributed by atoms with Gasteiger partial charge in [-0.3, -0.25) is 0 Å². The van der Waals surface area contributed by atoms with Gasteiger partial charge in [0, 0.05) is 0 Å². The van der Waals surface area contributed by atoms with E-state index in [-0.39, 0.29) is 13.2 Å². The number of benzene rings is 4. The topological polar surface area (TPSA) is 139 Å². The van der Waals surface area contributed by atoms with Gasteiger partial charge in [0.15, 0.2) is 12.2 Å². The van der Waals surface area contributed by atoms with Crippen LogP contribution in [0.5, 0.6) is 11.5 Å². The van der Waals surface area contributed by atoms with Gasteiger partial charge in [-0.05, 0) is 136 Å². The number of hydrogen-bond acceptors (Lipinski definition) is 12. The zero-order valence-corrected chi connectivity index (χ0v) is 35.8. The van der Waals surface area contributed by atoms with E-state index < -0.39 is 36.4 Å². The Morgan fingerprint density at radius 2 is 0.900 bits per heavy atom. The Kier molecular flexibility index (Phi) is 15.9. The maximum Gasteiger partial charge on any atom is 0.338 e. The van der Waals surface area contributed by atoms with Crippen LogP contribution in [0.15, 0.2) is 93.3 Å². The molecule has 0 unspecified atom stereocenters. The van der Waals surface area contributed by atoms with Gasteiger partial charge in [-0.1, -0.05) is 52.4 Å². The van der Waals surface area contributed by atoms with E-state index in [1.165, 1.54) is 38.5 Å². The van der Waals surface area contributed by atoms with E-state index in [0.29, 0.717) is 35.7 Å². The van der Waals surface area contributed by atoms with Gasteiger partial charge in [-0.15, -0.1) is 0 Å². The third-order valence-electron chi connectivity index (χ3n) is 10.7. The van der Waals surface area contributed by atoms with E-state index in [0.717, 1.165) is 58.0 Å². The summed E-state index contributed by atoms with van der Waals surface area (Å²) in [5.74, 6) is 0.641. The standard InChI is InChI=1S/C48H58N4O8/c1-7-9-11-13-23-55-39-25-31(3)43(32(4)26-39)51-49-37-19-15-35(16-20-37)47(53)59-41-29-57-46-42(30-58-45(41)46)60-48(54)36-17-21-38(22-18-36)50-52-44-33(5)27-40(28-34(44)6)56-24-14-12-10-8-2/h15-22,25-28,41-42,45-46H,7-14,23-24,29-30H2,1-6H3/t41-,42+,45-,46-/m1/s1. The monoisotopic (exact) mass is 818 g/mol. The van der Waals surface area contributed by atoms with Crippen LogP contribution in [0.25, 0.3) is 0 Å². The molecule has 318 valence electrons. The highest BCUT2D eigenvalue weighted by Crippen LogP contribution is 2.34. The van der Waals surface area contributed by atoms with Crippen LogP contribution in [0.1, 0.15) is 108 Å². The lowest BCUT2D eigenvalue weighted by atomic mass is 10.1. The van der Waals surface area contributed by atoms with Crippen molar-refractivity contribution in [3.63, 3.8) is 0 Å². The second-order valence-corrected chi connectivity index (χ2v) is 15.6. The van der Waals surface area contributed by atoms with Crippen molar-refractivity contribution in [1.29, 1.82) is 0 Å². The number of hydrogen-bond donors (Lipinski definition) is 0. The van der Waals surface area contributed by atoms with Gasteiger partial charge in [0.2, 0.25) is 0 Å². The molecule has 0 saturated carbocycles. The Labute approximate surface area is 353 Å². The minimum Gasteiger partial charge on any atom is -0.494 e. The number of azo groups is 2. The molecule has 6 rings (SSSR count). The smallest absolute Gasteiger partial charge is 0.338 e. The summed E-state index contributed by atoms with van der Waals surface area (Å²) < 4.78 is 35.4. The van der Waals surface area contributed by atoms with E-state index in [4.69, 9.17) is 28.4 Å². The molecule has 0 N–H and O–H groups in total. The molecule has 4 aromatic rings. The number of aryl methyl sites for hydroxylation is 4. The van der Waals surface area contributed by atoms with Gasteiger partial charge in [0.25, 0.3) is 0 Å². The molecule has 2 fully saturated rings. The molecule has 0 aliphatic carbocycles. The van der Waals surface area contributed by atoms with Crippen molar-refractivity contribution in [3.8, 4) is 11.5 Å². The average molecular weight is 819 g/mol. The molecular formula is C48H58N4O8. The minimum absolute atomic E-state index is 0.121. The zero-order chi connectivity index (χ0) is 42.4. The SMILES string of the molecule is CCCCCCOc1cc(C)c(N=Nc2ccc(C(=O)O[C@H]3CO[C@H]4[C@@H]3OC[C@H]4OC(=O)c3ccc(N=Nc4c(C)cc(OCCCCCC)cc4C)cc3)cc2)c(C)c1.